The van der Waals surface area contributed by atoms with Crippen molar-refractivity contribution in [2.75, 3.05) is 6.61 Å². The van der Waals surface area contributed by atoms with Crippen LogP contribution >= 0.6 is 0 Å². The summed E-state index contributed by atoms with van der Waals surface area (Å²) in [6.07, 6.45) is 0.732. The average Bonchev–Trinajstić information content (AvgIpc) is 2.92. The van der Waals surface area contributed by atoms with Gasteiger partial charge in [-0.3, -0.25) is 4.68 Å². The fourth-order valence-electron chi connectivity index (χ4n) is 1.69. The summed E-state index contributed by atoms with van der Waals surface area (Å²) in [4.78, 5) is 0. The molecule has 0 saturated carbocycles. The number of alkyl halides is 1. The van der Waals surface area contributed by atoms with Gasteiger partial charge in [0.25, 0.3) is 0 Å². The zero-order chi connectivity index (χ0) is 13.5. The minimum atomic E-state index is -1.42. The van der Waals surface area contributed by atoms with E-state index in [2.05, 4.69) is 5.10 Å². The largest absolute Gasteiger partial charge is 0.388 e. The fraction of sp³-hybridized carbons (Fsp3) is 0.357. The van der Waals surface area contributed by atoms with Crippen LogP contribution in [0.2, 0.25) is 0 Å². The molecule has 0 aliphatic heterocycles. The Morgan fingerprint density at radius 2 is 2.05 bits per heavy atom. The lowest BCUT2D eigenvalue weighted by molar-refractivity contribution is -0.00636. The first-order chi connectivity index (χ1) is 9.25. The second-order valence-corrected chi connectivity index (χ2v) is 4.31. The lowest BCUT2D eigenvalue weighted by Crippen LogP contribution is -2.31. The highest BCUT2D eigenvalue weighted by Gasteiger charge is 2.19. The fourth-order valence-corrected chi connectivity index (χ4v) is 1.69. The minimum Gasteiger partial charge on any atom is -0.388 e. The molecule has 19 heavy (non-hydrogen) atoms. The van der Waals surface area contributed by atoms with Gasteiger partial charge in [-0.05, 0) is 11.6 Å². The van der Waals surface area contributed by atoms with Crippen molar-refractivity contribution in [3.05, 3.63) is 54.4 Å². The lowest BCUT2D eigenvalue weighted by atomic mass is 10.2. The van der Waals surface area contributed by atoms with Crippen LogP contribution in [0.3, 0.4) is 0 Å². The highest BCUT2D eigenvalue weighted by atomic mass is 19.1. The van der Waals surface area contributed by atoms with Crippen molar-refractivity contribution in [2.45, 2.75) is 25.4 Å². The molecule has 102 valence electrons. The number of ether oxygens (including phenoxy) is 1. The van der Waals surface area contributed by atoms with E-state index in [1.807, 2.05) is 30.3 Å². The van der Waals surface area contributed by atoms with Gasteiger partial charge in [0.15, 0.2) is 6.17 Å². The third-order valence-electron chi connectivity index (χ3n) is 2.74. The van der Waals surface area contributed by atoms with E-state index in [0.717, 1.165) is 5.56 Å². The molecule has 0 amide bonds. The van der Waals surface area contributed by atoms with E-state index < -0.39 is 12.3 Å². The average molecular weight is 264 g/mol. The Kier molecular flexibility index (Phi) is 5.06. The lowest BCUT2D eigenvalue weighted by Gasteiger charge is -2.16. The number of benzene rings is 1. The molecule has 1 N–H and O–H groups in total. The van der Waals surface area contributed by atoms with Gasteiger partial charge in [-0.15, -0.1) is 0 Å². The molecule has 1 heterocycles. The molecule has 0 aliphatic rings. The van der Waals surface area contributed by atoms with Gasteiger partial charge >= 0.3 is 0 Å². The second kappa shape index (κ2) is 7.01. The summed E-state index contributed by atoms with van der Waals surface area (Å²) in [5.74, 6) is 0. The summed E-state index contributed by atoms with van der Waals surface area (Å²) in [6, 6.07) is 11.3. The highest BCUT2D eigenvalue weighted by molar-refractivity contribution is 5.13. The van der Waals surface area contributed by atoms with Gasteiger partial charge in [0.2, 0.25) is 0 Å². The maximum absolute atomic E-state index is 13.7. The van der Waals surface area contributed by atoms with E-state index in [0.29, 0.717) is 6.61 Å². The smallest absolute Gasteiger partial charge is 0.151 e. The van der Waals surface area contributed by atoms with Crippen molar-refractivity contribution in [3.8, 4) is 0 Å². The number of rotatable bonds is 7. The standard InChI is InChI=1S/C14H17FN2O2/c15-13(14(18)9-17-8-4-7-16-17)11-19-10-12-5-2-1-3-6-12/h1-8,13-14,18H,9-11H2/t13-,14+/m1/s1. The van der Waals surface area contributed by atoms with Crippen LogP contribution in [0.1, 0.15) is 5.56 Å². The minimum absolute atomic E-state index is 0.128. The summed E-state index contributed by atoms with van der Waals surface area (Å²) >= 11 is 0. The van der Waals surface area contributed by atoms with Crippen LogP contribution in [-0.4, -0.2) is 33.8 Å². The van der Waals surface area contributed by atoms with Gasteiger partial charge < -0.3 is 9.84 Å². The number of aliphatic hydroxyl groups excluding tert-OH is 1. The number of hydrogen-bond donors (Lipinski definition) is 1. The van der Waals surface area contributed by atoms with E-state index in [4.69, 9.17) is 4.74 Å². The van der Waals surface area contributed by atoms with Gasteiger partial charge in [-0.2, -0.15) is 5.10 Å². The normalized spacial score (nSPS) is 14.2. The summed E-state index contributed by atoms with van der Waals surface area (Å²) < 4.78 is 20.4. The Morgan fingerprint density at radius 3 is 2.74 bits per heavy atom. The molecule has 1 aromatic carbocycles. The monoisotopic (exact) mass is 264 g/mol. The zero-order valence-electron chi connectivity index (χ0n) is 10.5. The Hall–Kier alpha value is -1.72. The molecule has 4 nitrogen and oxygen atoms in total. The number of aliphatic hydroxyl groups is 1. The third-order valence-corrected chi connectivity index (χ3v) is 2.74. The van der Waals surface area contributed by atoms with Crippen LogP contribution in [0.5, 0.6) is 0 Å². The molecule has 2 aromatic rings. The highest BCUT2D eigenvalue weighted by Crippen LogP contribution is 2.06. The first-order valence-corrected chi connectivity index (χ1v) is 6.17. The predicted octanol–water partition coefficient (Wildman–Crippen LogP) is 1.80. The van der Waals surface area contributed by atoms with Crippen LogP contribution in [-0.2, 0) is 17.9 Å². The van der Waals surface area contributed by atoms with Crippen molar-refractivity contribution in [1.29, 1.82) is 0 Å². The molecule has 1 aromatic heterocycles. The van der Waals surface area contributed by atoms with Crippen molar-refractivity contribution < 1.29 is 14.2 Å². The van der Waals surface area contributed by atoms with Gasteiger partial charge in [0, 0.05) is 12.4 Å². The van der Waals surface area contributed by atoms with Crippen LogP contribution < -0.4 is 0 Å². The number of nitrogens with zero attached hydrogens (tertiary/aromatic N) is 2. The van der Waals surface area contributed by atoms with Crippen molar-refractivity contribution in [2.24, 2.45) is 0 Å². The molecule has 5 heteroatoms. The predicted molar refractivity (Wildman–Crippen MR) is 69.2 cm³/mol. The summed E-state index contributed by atoms with van der Waals surface area (Å²) in [6.45, 7) is 0.343. The molecular formula is C14H17FN2O2. The van der Waals surface area contributed by atoms with Gasteiger partial charge in [0.1, 0.15) is 6.10 Å². The SMILES string of the molecule is O[C@@H](Cn1cccn1)[C@H](F)COCc1ccccc1. The van der Waals surface area contributed by atoms with Crippen molar-refractivity contribution >= 4 is 0 Å². The van der Waals surface area contributed by atoms with E-state index in [9.17, 15) is 9.50 Å². The number of halogens is 1. The van der Waals surface area contributed by atoms with Gasteiger partial charge in [0.05, 0.1) is 19.8 Å². The van der Waals surface area contributed by atoms with Crippen LogP contribution in [0, 0.1) is 0 Å². The Bertz CT molecular complexity index is 462. The maximum Gasteiger partial charge on any atom is 0.151 e. The summed E-state index contributed by atoms with van der Waals surface area (Å²) in [5, 5.41) is 13.6. The molecular weight excluding hydrogens is 247 g/mol. The zero-order valence-corrected chi connectivity index (χ0v) is 10.5. The molecule has 0 radical (unpaired) electrons. The van der Waals surface area contributed by atoms with Crippen LogP contribution in [0.25, 0.3) is 0 Å². The first-order valence-electron chi connectivity index (χ1n) is 6.17. The van der Waals surface area contributed by atoms with Gasteiger partial charge in [-0.25, -0.2) is 4.39 Å². The first kappa shape index (κ1) is 13.7. The molecule has 0 aliphatic carbocycles. The molecule has 2 rings (SSSR count). The molecule has 0 saturated heterocycles. The summed E-state index contributed by atoms with van der Waals surface area (Å²) in [7, 11) is 0. The molecule has 0 unspecified atom stereocenters. The van der Waals surface area contributed by atoms with E-state index >= 15 is 0 Å². The van der Waals surface area contributed by atoms with Crippen molar-refractivity contribution in [3.63, 3.8) is 0 Å². The maximum atomic E-state index is 13.7. The van der Waals surface area contributed by atoms with Crippen molar-refractivity contribution in [1.82, 2.24) is 9.78 Å². The third kappa shape index (κ3) is 4.46. The van der Waals surface area contributed by atoms with E-state index in [1.165, 1.54) is 4.68 Å². The van der Waals surface area contributed by atoms with E-state index in [-0.39, 0.29) is 13.2 Å². The Labute approximate surface area is 111 Å². The second-order valence-electron chi connectivity index (χ2n) is 4.31. The number of hydrogen-bond acceptors (Lipinski definition) is 3. The van der Waals surface area contributed by atoms with Gasteiger partial charge in [-0.1, -0.05) is 30.3 Å². The molecule has 0 spiro atoms. The summed E-state index contributed by atoms with van der Waals surface area (Å²) in [5.41, 5.74) is 0.983. The van der Waals surface area contributed by atoms with E-state index in [1.54, 1.807) is 18.5 Å². The molecule has 2 atom stereocenters. The topological polar surface area (TPSA) is 47.3 Å². The molecule has 0 bridgehead atoms. The van der Waals surface area contributed by atoms with Crippen LogP contribution in [0.4, 0.5) is 4.39 Å². The Balaban J connectivity index is 1.70. The number of aromatic nitrogens is 2. The van der Waals surface area contributed by atoms with Crippen LogP contribution in [0.15, 0.2) is 48.8 Å². The quantitative estimate of drug-likeness (QED) is 0.829. The molecule has 0 fully saturated rings. The Morgan fingerprint density at radius 1 is 1.26 bits per heavy atom.